The van der Waals surface area contributed by atoms with Gasteiger partial charge in [0.1, 0.15) is 5.51 Å². The van der Waals surface area contributed by atoms with Crippen molar-refractivity contribution in [1.29, 1.82) is 0 Å². The number of hydrogen-bond acceptors (Lipinski definition) is 6. The molecule has 1 aliphatic heterocycles. The molecular formula is C14H16N4O2S. The lowest BCUT2D eigenvalue weighted by atomic mass is 10.1. The summed E-state index contributed by atoms with van der Waals surface area (Å²) in [7, 11) is 0. The van der Waals surface area contributed by atoms with Gasteiger partial charge in [0.2, 0.25) is 5.13 Å². The number of aryl methyl sites for hydroxylation is 1. The molecule has 1 amide bonds. The molecule has 3 rings (SSSR count). The van der Waals surface area contributed by atoms with Crippen molar-refractivity contribution in [3.63, 3.8) is 0 Å². The van der Waals surface area contributed by atoms with E-state index in [1.807, 2.05) is 6.07 Å². The minimum Gasteiger partial charge on any atom is -0.366 e. The molecular weight excluding hydrogens is 288 g/mol. The normalized spacial score (nSPS) is 18.5. The average molecular weight is 304 g/mol. The molecule has 110 valence electrons. The number of morpholine rings is 1. The fourth-order valence-corrected chi connectivity index (χ4v) is 2.73. The predicted molar refractivity (Wildman–Crippen MR) is 81.7 cm³/mol. The van der Waals surface area contributed by atoms with Crippen LogP contribution >= 0.6 is 11.3 Å². The van der Waals surface area contributed by atoms with Gasteiger partial charge in [-0.1, -0.05) is 23.5 Å². The number of hydrogen-bond donors (Lipinski definition) is 1. The highest BCUT2D eigenvalue weighted by Crippen LogP contribution is 2.20. The molecule has 1 atom stereocenters. The van der Waals surface area contributed by atoms with Gasteiger partial charge < -0.3 is 9.64 Å². The van der Waals surface area contributed by atoms with E-state index in [4.69, 9.17) is 4.74 Å². The molecule has 1 saturated heterocycles. The zero-order valence-corrected chi connectivity index (χ0v) is 12.5. The van der Waals surface area contributed by atoms with Crippen molar-refractivity contribution >= 4 is 28.1 Å². The van der Waals surface area contributed by atoms with Gasteiger partial charge in [0.15, 0.2) is 6.10 Å². The van der Waals surface area contributed by atoms with E-state index in [0.717, 1.165) is 12.2 Å². The van der Waals surface area contributed by atoms with E-state index in [0.29, 0.717) is 18.3 Å². The number of ether oxygens (including phenoxy) is 1. The lowest BCUT2D eigenvalue weighted by Gasteiger charge is -2.33. The number of aromatic nitrogens is 2. The summed E-state index contributed by atoms with van der Waals surface area (Å²) in [6.07, 6.45) is -0.497. The Kier molecular flexibility index (Phi) is 4.12. The molecule has 1 fully saturated rings. The summed E-state index contributed by atoms with van der Waals surface area (Å²) in [5.41, 5.74) is 3.90. The van der Waals surface area contributed by atoms with Gasteiger partial charge in [0, 0.05) is 12.2 Å². The zero-order valence-electron chi connectivity index (χ0n) is 11.7. The summed E-state index contributed by atoms with van der Waals surface area (Å²) in [6, 6.07) is 8.25. The van der Waals surface area contributed by atoms with E-state index >= 15 is 0 Å². The van der Waals surface area contributed by atoms with Crippen molar-refractivity contribution in [2.75, 3.05) is 29.9 Å². The Balaban J connectivity index is 1.66. The van der Waals surface area contributed by atoms with Crippen molar-refractivity contribution in [1.82, 2.24) is 10.2 Å². The number of nitrogens with zero attached hydrogens (tertiary/aromatic N) is 3. The molecule has 1 aromatic carbocycles. The number of anilines is 2. The predicted octanol–water partition coefficient (Wildman–Crippen LogP) is 1.69. The van der Waals surface area contributed by atoms with Crippen molar-refractivity contribution in [3.05, 3.63) is 35.3 Å². The largest absolute Gasteiger partial charge is 0.366 e. The molecule has 1 aromatic heterocycles. The van der Waals surface area contributed by atoms with Gasteiger partial charge >= 0.3 is 0 Å². The molecule has 1 aliphatic rings. The summed E-state index contributed by atoms with van der Waals surface area (Å²) < 4.78 is 5.57. The van der Waals surface area contributed by atoms with Crippen molar-refractivity contribution in [2.24, 2.45) is 0 Å². The number of rotatable bonds is 3. The van der Waals surface area contributed by atoms with E-state index in [2.05, 4.69) is 45.5 Å². The quantitative estimate of drug-likeness (QED) is 0.934. The Morgan fingerprint density at radius 1 is 1.52 bits per heavy atom. The van der Waals surface area contributed by atoms with Crippen LogP contribution in [0.4, 0.5) is 10.8 Å². The van der Waals surface area contributed by atoms with Crippen LogP contribution in [-0.2, 0) is 9.53 Å². The molecule has 2 heterocycles. The highest BCUT2D eigenvalue weighted by Gasteiger charge is 2.27. The molecule has 21 heavy (non-hydrogen) atoms. The van der Waals surface area contributed by atoms with Gasteiger partial charge in [-0.3, -0.25) is 10.1 Å². The van der Waals surface area contributed by atoms with Crippen LogP contribution in [0.3, 0.4) is 0 Å². The van der Waals surface area contributed by atoms with Crippen LogP contribution in [0.2, 0.25) is 0 Å². The number of carbonyl (C=O) groups excluding carboxylic acids is 1. The van der Waals surface area contributed by atoms with Crippen LogP contribution in [0.15, 0.2) is 29.8 Å². The first kappa shape index (κ1) is 14.0. The van der Waals surface area contributed by atoms with Crippen LogP contribution in [0.25, 0.3) is 0 Å². The summed E-state index contributed by atoms with van der Waals surface area (Å²) >= 11 is 1.29. The summed E-state index contributed by atoms with van der Waals surface area (Å²) in [5.74, 6) is -0.177. The number of carbonyl (C=O) groups is 1. The fourth-order valence-electron chi connectivity index (χ4n) is 2.28. The molecule has 0 saturated carbocycles. The molecule has 6 nitrogen and oxygen atoms in total. The van der Waals surface area contributed by atoms with E-state index in [1.165, 1.54) is 16.9 Å². The van der Waals surface area contributed by atoms with Crippen molar-refractivity contribution < 1.29 is 9.53 Å². The van der Waals surface area contributed by atoms with Crippen LogP contribution < -0.4 is 10.2 Å². The van der Waals surface area contributed by atoms with Crippen molar-refractivity contribution in [2.45, 2.75) is 13.0 Å². The number of nitrogens with one attached hydrogen (secondary N) is 1. The highest BCUT2D eigenvalue weighted by atomic mass is 32.1. The lowest BCUT2D eigenvalue weighted by Crippen LogP contribution is -2.48. The smallest absolute Gasteiger partial charge is 0.257 e. The van der Waals surface area contributed by atoms with Crippen LogP contribution in [0.1, 0.15) is 5.56 Å². The zero-order chi connectivity index (χ0) is 14.7. The third kappa shape index (κ3) is 3.37. The highest BCUT2D eigenvalue weighted by molar-refractivity contribution is 7.13. The SMILES string of the molecule is Cc1cccc(N2CCOC(C(=O)Nc3nncs3)C2)c1. The summed E-state index contributed by atoms with van der Waals surface area (Å²) in [4.78, 5) is 14.4. The second-order valence-electron chi connectivity index (χ2n) is 4.88. The standard InChI is InChI=1S/C14H16N4O2S/c1-10-3-2-4-11(7-10)18-5-6-20-12(8-18)13(19)16-14-17-15-9-21-14/h2-4,7,9,12H,5-6,8H2,1H3,(H,16,17,19). The third-order valence-corrected chi connectivity index (χ3v) is 3.92. The second kappa shape index (κ2) is 6.19. The fraction of sp³-hybridized carbons (Fsp3) is 0.357. The molecule has 0 radical (unpaired) electrons. The molecule has 1 N–H and O–H groups in total. The van der Waals surface area contributed by atoms with Gasteiger partial charge in [-0.15, -0.1) is 10.2 Å². The number of benzene rings is 1. The van der Waals surface area contributed by atoms with Crippen LogP contribution in [0.5, 0.6) is 0 Å². The van der Waals surface area contributed by atoms with E-state index < -0.39 is 6.10 Å². The molecule has 1 unspecified atom stereocenters. The average Bonchev–Trinajstić information content (AvgIpc) is 3.00. The minimum atomic E-state index is -0.497. The third-order valence-electron chi connectivity index (χ3n) is 3.32. The molecule has 0 spiro atoms. The van der Waals surface area contributed by atoms with Crippen LogP contribution in [-0.4, -0.2) is 41.9 Å². The van der Waals surface area contributed by atoms with E-state index in [1.54, 1.807) is 5.51 Å². The number of amides is 1. The topological polar surface area (TPSA) is 67.3 Å². The second-order valence-corrected chi connectivity index (χ2v) is 5.71. The maximum atomic E-state index is 12.2. The summed E-state index contributed by atoms with van der Waals surface area (Å²) in [6.45, 7) is 3.91. The van der Waals surface area contributed by atoms with Crippen molar-refractivity contribution in [3.8, 4) is 0 Å². The molecule has 0 aliphatic carbocycles. The Morgan fingerprint density at radius 2 is 2.43 bits per heavy atom. The summed E-state index contributed by atoms with van der Waals surface area (Å²) in [5, 5.41) is 10.7. The molecule has 2 aromatic rings. The first-order valence-electron chi connectivity index (χ1n) is 6.72. The first-order chi connectivity index (χ1) is 10.2. The minimum absolute atomic E-state index is 0.177. The lowest BCUT2D eigenvalue weighted by molar-refractivity contribution is -0.128. The Hall–Kier alpha value is -1.99. The Labute approximate surface area is 126 Å². The van der Waals surface area contributed by atoms with Gasteiger partial charge in [-0.05, 0) is 24.6 Å². The molecule has 0 bridgehead atoms. The van der Waals surface area contributed by atoms with Gasteiger partial charge in [-0.2, -0.15) is 0 Å². The van der Waals surface area contributed by atoms with Gasteiger partial charge in [-0.25, -0.2) is 0 Å². The Bertz CT molecular complexity index is 617. The van der Waals surface area contributed by atoms with E-state index in [-0.39, 0.29) is 5.91 Å². The monoisotopic (exact) mass is 304 g/mol. The first-order valence-corrected chi connectivity index (χ1v) is 7.60. The molecule has 7 heteroatoms. The van der Waals surface area contributed by atoms with Gasteiger partial charge in [0.25, 0.3) is 5.91 Å². The van der Waals surface area contributed by atoms with Crippen LogP contribution in [0, 0.1) is 6.92 Å². The maximum absolute atomic E-state index is 12.2. The maximum Gasteiger partial charge on any atom is 0.257 e. The van der Waals surface area contributed by atoms with E-state index in [9.17, 15) is 4.79 Å². The van der Waals surface area contributed by atoms with Gasteiger partial charge in [0.05, 0.1) is 13.2 Å². The Morgan fingerprint density at radius 3 is 3.19 bits per heavy atom.